The Balaban J connectivity index is 1.49. The Bertz CT molecular complexity index is 927. The smallest absolute Gasteiger partial charge is 0.271 e. The van der Waals surface area contributed by atoms with Crippen LogP contribution < -0.4 is 14.8 Å². The largest absolute Gasteiger partial charge is 0.486 e. The topological polar surface area (TPSA) is 114 Å². The summed E-state index contributed by atoms with van der Waals surface area (Å²) in [6.07, 6.45) is 0.684. The zero-order valence-corrected chi connectivity index (χ0v) is 15.3. The van der Waals surface area contributed by atoms with Crippen LogP contribution in [-0.2, 0) is 19.4 Å². The van der Waals surface area contributed by atoms with Crippen LogP contribution in [0.4, 0.5) is 5.69 Å². The summed E-state index contributed by atoms with van der Waals surface area (Å²) in [6.45, 7) is 0.925. The predicted octanol–water partition coefficient (Wildman–Crippen LogP) is 0.562. The number of ether oxygens (including phenoxy) is 2. The number of hydrogen-bond donors (Lipinski definition) is 1. The van der Waals surface area contributed by atoms with Gasteiger partial charge in [-0.1, -0.05) is 0 Å². The second-order valence-corrected chi connectivity index (χ2v) is 8.88. The van der Waals surface area contributed by atoms with Crippen LogP contribution in [0.5, 0.6) is 11.5 Å². The highest BCUT2D eigenvalue weighted by molar-refractivity contribution is 7.91. The molecule has 3 aliphatic rings. The number of sulfone groups is 1. The van der Waals surface area contributed by atoms with Crippen LogP contribution in [-0.4, -0.2) is 61.7 Å². The van der Waals surface area contributed by atoms with E-state index in [0.717, 1.165) is 0 Å². The summed E-state index contributed by atoms with van der Waals surface area (Å²) in [4.78, 5) is 24.7. The molecular weight excluding hydrogens is 374 g/mol. The van der Waals surface area contributed by atoms with Crippen LogP contribution >= 0.6 is 0 Å². The maximum Gasteiger partial charge on any atom is 0.271 e. The third-order valence-corrected chi connectivity index (χ3v) is 6.43. The average Bonchev–Trinajstić information content (AvgIpc) is 3.01. The van der Waals surface area contributed by atoms with Gasteiger partial charge in [0.1, 0.15) is 18.9 Å². The van der Waals surface area contributed by atoms with Crippen LogP contribution in [0.15, 0.2) is 23.3 Å². The van der Waals surface area contributed by atoms with Crippen molar-refractivity contribution in [2.75, 3.05) is 30.0 Å². The summed E-state index contributed by atoms with van der Waals surface area (Å²) in [5.41, 5.74) is 0.729. The Morgan fingerprint density at radius 2 is 1.96 bits per heavy atom. The minimum atomic E-state index is -3.15. The van der Waals surface area contributed by atoms with E-state index in [-0.39, 0.29) is 36.0 Å². The van der Waals surface area contributed by atoms with Gasteiger partial charge in [-0.3, -0.25) is 9.59 Å². The van der Waals surface area contributed by atoms with E-state index in [9.17, 15) is 18.0 Å². The maximum absolute atomic E-state index is 12.6. The number of anilines is 1. The lowest BCUT2D eigenvalue weighted by atomic mass is 10.1. The van der Waals surface area contributed by atoms with Crippen molar-refractivity contribution in [1.82, 2.24) is 5.01 Å². The molecule has 1 atom stereocenters. The molecule has 9 nitrogen and oxygen atoms in total. The molecule has 1 aromatic carbocycles. The van der Waals surface area contributed by atoms with Gasteiger partial charge < -0.3 is 14.8 Å². The van der Waals surface area contributed by atoms with Gasteiger partial charge in [0.2, 0.25) is 5.91 Å². The Labute approximate surface area is 156 Å². The quantitative estimate of drug-likeness (QED) is 0.803. The van der Waals surface area contributed by atoms with Gasteiger partial charge in [-0.05, 0) is 18.6 Å². The number of rotatable bonds is 3. The number of amides is 2. The van der Waals surface area contributed by atoms with Crippen molar-refractivity contribution < 1.29 is 27.5 Å². The lowest BCUT2D eigenvalue weighted by molar-refractivity contribution is -0.133. The minimum Gasteiger partial charge on any atom is -0.486 e. The molecule has 0 aliphatic carbocycles. The predicted molar refractivity (Wildman–Crippen MR) is 96.6 cm³/mol. The van der Waals surface area contributed by atoms with Gasteiger partial charge >= 0.3 is 0 Å². The first-order chi connectivity index (χ1) is 12.9. The Morgan fingerprint density at radius 3 is 2.70 bits per heavy atom. The summed E-state index contributed by atoms with van der Waals surface area (Å²) in [6, 6.07) is 4.58. The Hall–Kier alpha value is -2.62. The summed E-state index contributed by atoms with van der Waals surface area (Å²) in [7, 11) is -3.15. The molecule has 144 valence electrons. The van der Waals surface area contributed by atoms with Gasteiger partial charge in [0.15, 0.2) is 21.3 Å². The molecule has 1 fully saturated rings. The number of carbonyl (C=O) groups is 2. The second kappa shape index (κ2) is 6.84. The van der Waals surface area contributed by atoms with Gasteiger partial charge in [-0.2, -0.15) is 5.10 Å². The fourth-order valence-electron chi connectivity index (χ4n) is 3.31. The van der Waals surface area contributed by atoms with E-state index in [1.165, 1.54) is 5.01 Å². The van der Waals surface area contributed by atoms with Crippen molar-refractivity contribution >= 4 is 33.1 Å². The molecule has 10 heteroatoms. The standard InChI is InChI=1S/C17H19N3O6S/c21-16-4-2-13(19-20(16)12-5-8-27(23,24)10-12)17(22)18-11-1-3-14-15(9-11)26-7-6-25-14/h1,3,9,12H,2,4-8,10H2,(H,18,22). The lowest BCUT2D eigenvalue weighted by Gasteiger charge is -2.27. The van der Waals surface area contributed by atoms with E-state index >= 15 is 0 Å². The number of nitrogens with one attached hydrogen (secondary N) is 1. The summed E-state index contributed by atoms with van der Waals surface area (Å²) in [5, 5.41) is 8.08. The third kappa shape index (κ3) is 3.75. The molecule has 0 radical (unpaired) electrons. The van der Waals surface area contributed by atoms with Gasteiger partial charge in [0, 0.05) is 24.6 Å². The van der Waals surface area contributed by atoms with Gasteiger partial charge in [-0.25, -0.2) is 13.4 Å². The number of benzene rings is 1. The first-order valence-electron chi connectivity index (χ1n) is 8.72. The monoisotopic (exact) mass is 393 g/mol. The number of carbonyl (C=O) groups excluding carboxylic acids is 2. The van der Waals surface area contributed by atoms with Crippen LogP contribution in [0.1, 0.15) is 19.3 Å². The maximum atomic E-state index is 12.6. The molecule has 0 saturated carbocycles. The summed E-state index contributed by atoms with van der Waals surface area (Å²) in [5.74, 6) is 0.415. The van der Waals surface area contributed by atoms with E-state index in [2.05, 4.69) is 10.4 Å². The third-order valence-electron chi connectivity index (χ3n) is 4.68. The number of fused-ring (bicyclic) bond motifs is 1. The normalized spacial score (nSPS) is 23.7. The molecule has 1 saturated heterocycles. The zero-order chi connectivity index (χ0) is 19.0. The second-order valence-electron chi connectivity index (χ2n) is 6.65. The molecule has 1 aromatic rings. The molecule has 4 rings (SSSR count). The van der Waals surface area contributed by atoms with Crippen molar-refractivity contribution in [2.45, 2.75) is 25.3 Å². The van der Waals surface area contributed by atoms with E-state index in [0.29, 0.717) is 36.8 Å². The SMILES string of the molecule is O=C(Nc1ccc2c(c1)OCCO2)C1=NN(C2CCS(=O)(=O)C2)C(=O)CC1. The zero-order valence-electron chi connectivity index (χ0n) is 14.5. The fourth-order valence-corrected chi connectivity index (χ4v) is 5.00. The Kier molecular flexibility index (Phi) is 4.50. The van der Waals surface area contributed by atoms with Crippen molar-refractivity contribution in [3.8, 4) is 11.5 Å². The lowest BCUT2D eigenvalue weighted by Crippen LogP contribution is -2.42. The molecular formula is C17H19N3O6S. The molecule has 1 N–H and O–H groups in total. The molecule has 0 bridgehead atoms. The molecule has 0 spiro atoms. The Morgan fingerprint density at radius 1 is 1.19 bits per heavy atom. The molecule has 3 aliphatic heterocycles. The van der Waals surface area contributed by atoms with E-state index < -0.39 is 21.8 Å². The number of nitrogens with zero attached hydrogens (tertiary/aromatic N) is 2. The number of hydrazone groups is 1. The van der Waals surface area contributed by atoms with Crippen LogP contribution in [0.2, 0.25) is 0 Å². The van der Waals surface area contributed by atoms with Crippen molar-refractivity contribution in [3.63, 3.8) is 0 Å². The first-order valence-corrected chi connectivity index (χ1v) is 10.5. The van der Waals surface area contributed by atoms with Crippen LogP contribution in [0.3, 0.4) is 0 Å². The number of hydrogen-bond acceptors (Lipinski definition) is 7. The van der Waals surface area contributed by atoms with E-state index in [1.807, 2.05) is 0 Å². The molecule has 3 heterocycles. The van der Waals surface area contributed by atoms with E-state index in [4.69, 9.17) is 9.47 Å². The first kappa shape index (κ1) is 17.8. The van der Waals surface area contributed by atoms with Crippen molar-refractivity contribution in [3.05, 3.63) is 18.2 Å². The molecule has 2 amide bonds. The molecule has 27 heavy (non-hydrogen) atoms. The van der Waals surface area contributed by atoms with Crippen molar-refractivity contribution in [1.29, 1.82) is 0 Å². The van der Waals surface area contributed by atoms with Crippen LogP contribution in [0.25, 0.3) is 0 Å². The van der Waals surface area contributed by atoms with Crippen molar-refractivity contribution in [2.24, 2.45) is 5.10 Å². The summed E-state index contributed by atoms with van der Waals surface area (Å²) >= 11 is 0. The van der Waals surface area contributed by atoms with Crippen LogP contribution in [0, 0.1) is 0 Å². The average molecular weight is 393 g/mol. The molecule has 0 aromatic heterocycles. The highest BCUT2D eigenvalue weighted by Gasteiger charge is 2.37. The van der Waals surface area contributed by atoms with Gasteiger partial charge in [0.25, 0.3) is 5.91 Å². The minimum absolute atomic E-state index is 0.0374. The van der Waals surface area contributed by atoms with E-state index in [1.54, 1.807) is 18.2 Å². The highest BCUT2D eigenvalue weighted by Crippen LogP contribution is 2.32. The van der Waals surface area contributed by atoms with Gasteiger partial charge in [-0.15, -0.1) is 0 Å². The summed E-state index contributed by atoms with van der Waals surface area (Å²) < 4.78 is 34.3. The molecule has 1 unspecified atom stereocenters. The van der Waals surface area contributed by atoms with Gasteiger partial charge in [0.05, 0.1) is 17.5 Å². The fraction of sp³-hybridized carbons (Fsp3) is 0.471. The highest BCUT2D eigenvalue weighted by atomic mass is 32.2.